The van der Waals surface area contributed by atoms with Crippen LogP contribution < -0.4 is 9.47 Å². The highest BCUT2D eigenvalue weighted by atomic mass is 16.6. The fourth-order valence-corrected chi connectivity index (χ4v) is 8.13. The molecule has 0 aromatic heterocycles. The molecule has 1 amide bonds. The number of nitrogens with zero attached hydrogens (tertiary/aromatic N) is 2. The Labute approximate surface area is 246 Å². The Morgan fingerprint density at radius 1 is 1.19 bits per heavy atom. The number of piperidine rings is 1. The van der Waals surface area contributed by atoms with Crippen molar-refractivity contribution >= 4 is 17.8 Å². The number of ether oxygens (including phenoxy) is 3. The molecule has 1 saturated carbocycles. The number of aryl methyl sites for hydroxylation is 1. The van der Waals surface area contributed by atoms with Crippen molar-refractivity contribution in [2.75, 3.05) is 20.1 Å². The van der Waals surface area contributed by atoms with E-state index in [1.165, 1.54) is 13.8 Å². The van der Waals surface area contributed by atoms with Crippen LogP contribution in [0.5, 0.6) is 11.5 Å². The van der Waals surface area contributed by atoms with Gasteiger partial charge in [0.2, 0.25) is 0 Å². The van der Waals surface area contributed by atoms with Crippen molar-refractivity contribution < 1.29 is 28.6 Å². The molecule has 5 atom stereocenters. The van der Waals surface area contributed by atoms with E-state index in [4.69, 9.17) is 14.2 Å². The molecule has 1 spiro atoms. The molecule has 2 aliphatic carbocycles. The predicted molar refractivity (Wildman–Crippen MR) is 156 cm³/mol. The summed E-state index contributed by atoms with van der Waals surface area (Å²) in [6, 6.07) is 11.1. The number of amides is 1. The SMILES string of the molecule is C=CCN1CC[C@]23c4c5ccc(OC(C)=O)c4O[C@H]2[C@H](N(C)C(=O)C#Cc2cccc(C)c2)CC[C@@]3(OC(C)=O)[C@H]1C5. The molecule has 2 fully saturated rings. The summed E-state index contributed by atoms with van der Waals surface area (Å²) in [5.41, 5.74) is 2.25. The number of likely N-dealkylation sites (tertiary alicyclic amines) is 1. The first kappa shape index (κ1) is 28.0. The molecule has 1 saturated heterocycles. The summed E-state index contributed by atoms with van der Waals surface area (Å²) in [5.74, 6) is 5.59. The van der Waals surface area contributed by atoms with Crippen molar-refractivity contribution in [2.45, 2.75) is 75.7 Å². The average Bonchev–Trinajstić information content (AvgIpc) is 3.29. The third-order valence-corrected chi connectivity index (χ3v) is 9.58. The zero-order valence-corrected chi connectivity index (χ0v) is 24.6. The topological polar surface area (TPSA) is 85.4 Å². The molecule has 0 unspecified atom stereocenters. The van der Waals surface area contributed by atoms with Crippen molar-refractivity contribution in [3.05, 3.63) is 71.3 Å². The van der Waals surface area contributed by atoms with E-state index < -0.39 is 23.1 Å². The summed E-state index contributed by atoms with van der Waals surface area (Å²) >= 11 is 0. The maximum atomic E-state index is 13.5. The van der Waals surface area contributed by atoms with E-state index in [1.54, 1.807) is 18.0 Å². The van der Waals surface area contributed by atoms with Gasteiger partial charge in [-0.15, -0.1) is 6.58 Å². The van der Waals surface area contributed by atoms with E-state index in [-0.39, 0.29) is 24.0 Å². The summed E-state index contributed by atoms with van der Waals surface area (Å²) in [6.07, 6.45) is 3.76. The fourth-order valence-electron chi connectivity index (χ4n) is 8.13. The van der Waals surface area contributed by atoms with Crippen molar-refractivity contribution in [3.63, 3.8) is 0 Å². The lowest BCUT2D eigenvalue weighted by Crippen LogP contribution is -2.79. The number of carbonyl (C=O) groups excluding carboxylic acids is 3. The molecule has 2 heterocycles. The van der Waals surface area contributed by atoms with Crippen LogP contribution in [0.25, 0.3) is 0 Å². The van der Waals surface area contributed by atoms with E-state index in [0.717, 1.165) is 28.8 Å². The van der Waals surface area contributed by atoms with E-state index in [2.05, 4.69) is 23.3 Å². The number of carbonyl (C=O) groups is 3. The third kappa shape index (κ3) is 4.13. The summed E-state index contributed by atoms with van der Waals surface area (Å²) < 4.78 is 18.9. The van der Waals surface area contributed by atoms with Crippen LogP contribution in [0.2, 0.25) is 0 Å². The minimum atomic E-state index is -0.883. The second kappa shape index (κ2) is 10.3. The Kier molecular flexibility index (Phi) is 6.89. The summed E-state index contributed by atoms with van der Waals surface area (Å²) in [6.45, 7) is 10.2. The highest BCUT2D eigenvalue weighted by Gasteiger charge is 2.75. The lowest BCUT2D eigenvalue weighted by molar-refractivity contribution is -0.222. The third-order valence-electron chi connectivity index (χ3n) is 9.58. The Hall–Kier alpha value is -4.09. The van der Waals surface area contributed by atoms with Crippen LogP contribution in [-0.4, -0.2) is 71.6 Å². The molecule has 6 rings (SSSR count). The Bertz CT molecular complexity index is 1550. The highest BCUT2D eigenvalue weighted by Crippen LogP contribution is 2.67. The van der Waals surface area contributed by atoms with E-state index in [1.807, 2.05) is 43.3 Å². The Morgan fingerprint density at radius 2 is 2.00 bits per heavy atom. The highest BCUT2D eigenvalue weighted by molar-refractivity contribution is 5.94. The van der Waals surface area contributed by atoms with Crippen LogP contribution in [0.15, 0.2) is 49.1 Å². The Balaban J connectivity index is 1.47. The smallest absolute Gasteiger partial charge is 0.308 e. The summed E-state index contributed by atoms with van der Waals surface area (Å²) in [4.78, 5) is 42.4. The van der Waals surface area contributed by atoms with Gasteiger partial charge >= 0.3 is 11.9 Å². The van der Waals surface area contributed by atoms with Crippen molar-refractivity contribution in [2.24, 2.45) is 0 Å². The molecule has 4 aliphatic rings. The monoisotopic (exact) mass is 568 g/mol. The number of hydrogen-bond acceptors (Lipinski definition) is 7. The van der Waals surface area contributed by atoms with Crippen molar-refractivity contribution in [1.29, 1.82) is 0 Å². The van der Waals surface area contributed by atoms with Crippen LogP contribution in [-0.2, 0) is 31.0 Å². The van der Waals surface area contributed by atoms with Gasteiger partial charge in [-0.25, -0.2) is 0 Å². The second-order valence-electron chi connectivity index (χ2n) is 11.9. The van der Waals surface area contributed by atoms with Gasteiger partial charge in [0.15, 0.2) is 11.5 Å². The summed E-state index contributed by atoms with van der Waals surface area (Å²) in [7, 11) is 1.76. The molecule has 2 aromatic rings. The number of benzene rings is 2. The standard InChI is InChI=1S/C34H36N2O6/c1-6-17-36-18-16-33-30-25-11-12-27(40-22(3)37)31(30)41-32(33)26(14-15-34(33,28(36)20-25)42-23(4)38)35(5)29(39)13-10-24-9-7-8-21(2)19-24/h6-9,11-12,19,26,28,32H,1,14-18,20H2,2-5H3/t26-,28-,32+,33+,34-/m1/s1. The van der Waals surface area contributed by atoms with E-state index in [9.17, 15) is 14.4 Å². The van der Waals surface area contributed by atoms with Gasteiger partial charge in [0.25, 0.3) is 5.91 Å². The van der Waals surface area contributed by atoms with E-state index in [0.29, 0.717) is 43.7 Å². The zero-order valence-electron chi connectivity index (χ0n) is 24.6. The van der Waals surface area contributed by atoms with Gasteiger partial charge in [0.05, 0.1) is 17.5 Å². The lowest BCUT2D eigenvalue weighted by Gasteiger charge is -2.65. The molecule has 2 aromatic carbocycles. The molecular weight excluding hydrogens is 532 g/mol. The first-order valence-electron chi connectivity index (χ1n) is 14.5. The first-order valence-corrected chi connectivity index (χ1v) is 14.5. The minimum Gasteiger partial charge on any atom is -0.483 e. The van der Waals surface area contributed by atoms with Crippen molar-refractivity contribution in [3.8, 4) is 23.3 Å². The Morgan fingerprint density at radius 3 is 2.71 bits per heavy atom. The molecule has 218 valence electrons. The van der Waals surface area contributed by atoms with Gasteiger partial charge in [-0.3, -0.25) is 19.3 Å². The maximum Gasteiger partial charge on any atom is 0.308 e. The van der Waals surface area contributed by atoms with Gasteiger partial charge in [-0.2, -0.15) is 0 Å². The summed E-state index contributed by atoms with van der Waals surface area (Å²) in [5, 5.41) is 0. The normalized spacial score (nSPS) is 28.3. The van der Waals surface area contributed by atoms with Crippen LogP contribution in [0.4, 0.5) is 0 Å². The molecule has 2 aliphatic heterocycles. The molecule has 0 N–H and O–H groups in total. The number of rotatable bonds is 5. The fraction of sp³-hybridized carbons (Fsp3) is 0.441. The lowest BCUT2D eigenvalue weighted by atomic mass is 9.48. The van der Waals surface area contributed by atoms with Crippen LogP contribution in [0, 0.1) is 18.8 Å². The van der Waals surface area contributed by atoms with Gasteiger partial charge in [-0.05, 0) is 61.9 Å². The van der Waals surface area contributed by atoms with Gasteiger partial charge in [0, 0.05) is 51.0 Å². The van der Waals surface area contributed by atoms with Gasteiger partial charge < -0.3 is 19.1 Å². The van der Waals surface area contributed by atoms with Crippen molar-refractivity contribution in [1.82, 2.24) is 9.80 Å². The average molecular weight is 569 g/mol. The molecule has 42 heavy (non-hydrogen) atoms. The van der Waals surface area contributed by atoms with E-state index >= 15 is 0 Å². The maximum absolute atomic E-state index is 13.5. The molecular formula is C34H36N2O6. The molecule has 8 nitrogen and oxygen atoms in total. The van der Waals surface area contributed by atoms with Crippen LogP contribution in [0.1, 0.15) is 55.4 Å². The zero-order chi connectivity index (χ0) is 29.8. The first-order chi connectivity index (χ1) is 20.1. The predicted octanol–water partition coefficient (Wildman–Crippen LogP) is 3.71. The quantitative estimate of drug-likeness (QED) is 0.235. The molecule has 0 radical (unpaired) electrons. The number of hydrogen-bond donors (Lipinski definition) is 0. The second-order valence-corrected chi connectivity index (χ2v) is 11.9. The molecule has 8 heteroatoms. The van der Waals surface area contributed by atoms with Gasteiger partial charge in [-0.1, -0.05) is 30.2 Å². The van der Waals surface area contributed by atoms with Crippen LogP contribution in [0.3, 0.4) is 0 Å². The number of likely N-dealkylation sites (N-methyl/N-ethyl adjacent to an activating group) is 1. The molecule has 2 bridgehead atoms. The number of esters is 2. The van der Waals surface area contributed by atoms with Crippen LogP contribution >= 0.6 is 0 Å². The van der Waals surface area contributed by atoms with Gasteiger partial charge in [0.1, 0.15) is 11.7 Å². The minimum absolute atomic E-state index is 0.0969. The largest absolute Gasteiger partial charge is 0.483 e.